The van der Waals surface area contributed by atoms with Gasteiger partial charge in [-0.25, -0.2) is 9.59 Å². The Labute approximate surface area is 445 Å². The van der Waals surface area contributed by atoms with Gasteiger partial charge in [-0.05, 0) is 109 Å². The maximum Gasteiger partial charge on any atom is 0.508 e. The average molecular weight is 1030 g/mol. The van der Waals surface area contributed by atoms with Crippen LogP contribution < -0.4 is 5.32 Å². The number of rotatable bonds is 49. The van der Waals surface area contributed by atoms with Crippen molar-refractivity contribution >= 4 is 24.2 Å². The molecule has 0 heterocycles. The molecule has 0 aromatic heterocycles. The monoisotopic (exact) mass is 1030 g/mol. The maximum absolute atomic E-state index is 13.1. The molecule has 424 valence electrons. The Kier molecular flexibility index (Phi) is 48.2. The van der Waals surface area contributed by atoms with Crippen molar-refractivity contribution < 1.29 is 52.3 Å². The molecule has 0 fully saturated rings. The van der Waals surface area contributed by atoms with Crippen LogP contribution in [0.5, 0.6) is 0 Å². The average Bonchev–Trinajstić information content (AvgIpc) is 3.38. The summed E-state index contributed by atoms with van der Waals surface area (Å²) in [5, 5.41) is 2.89. The minimum absolute atomic E-state index is 0.0333. The summed E-state index contributed by atoms with van der Waals surface area (Å²) in [6.07, 6.45) is 44.6. The van der Waals surface area contributed by atoms with Gasteiger partial charge in [0.25, 0.3) is 0 Å². The number of allylic oxidation sites excluding steroid dienone is 6. The Morgan fingerprint density at radius 3 is 1.77 bits per heavy atom. The van der Waals surface area contributed by atoms with Crippen LogP contribution in [-0.4, -0.2) is 107 Å². The van der Waals surface area contributed by atoms with Gasteiger partial charge in [-0.1, -0.05) is 160 Å². The maximum atomic E-state index is 13.1. The van der Waals surface area contributed by atoms with Gasteiger partial charge >= 0.3 is 24.2 Å². The van der Waals surface area contributed by atoms with Gasteiger partial charge in [0.2, 0.25) is 0 Å². The van der Waals surface area contributed by atoms with Crippen molar-refractivity contribution in [3.8, 4) is 0 Å². The highest BCUT2D eigenvalue weighted by molar-refractivity contribution is 5.70. The highest BCUT2D eigenvalue weighted by Crippen LogP contribution is 2.17. The lowest BCUT2D eigenvalue weighted by atomic mass is 10.0. The Morgan fingerprint density at radius 1 is 0.562 bits per heavy atom. The van der Waals surface area contributed by atoms with E-state index in [1.165, 1.54) is 77.0 Å². The largest absolute Gasteiger partial charge is 0.508 e. The topological polar surface area (TPSA) is 148 Å². The van der Waals surface area contributed by atoms with E-state index in [1.54, 1.807) is 0 Å². The minimum atomic E-state index is -0.827. The fourth-order valence-electron chi connectivity index (χ4n) is 8.46. The zero-order valence-electron chi connectivity index (χ0n) is 47.0. The number of hydrogen-bond donors (Lipinski definition) is 1. The molecule has 13 nitrogen and oxygen atoms in total. The molecule has 2 unspecified atom stereocenters. The fraction of sp³-hybridized carbons (Fsp3) is 0.833. The lowest BCUT2D eigenvalue weighted by Crippen LogP contribution is -2.33. The van der Waals surface area contributed by atoms with Crippen LogP contribution in [-0.2, 0) is 42.7 Å². The quantitative estimate of drug-likeness (QED) is 0.0203. The lowest BCUT2D eigenvalue weighted by molar-refractivity contribution is -0.161. The van der Waals surface area contributed by atoms with Crippen molar-refractivity contribution in [1.29, 1.82) is 0 Å². The Morgan fingerprint density at radius 2 is 1.11 bits per heavy atom. The summed E-state index contributed by atoms with van der Waals surface area (Å²) in [4.78, 5) is 53.2. The number of esters is 2. The van der Waals surface area contributed by atoms with Crippen LogP contribution in [0.4, 0.5) is 9.59 Å². The van der Waals surface area contributed by atoms with E-state index in [0.29, 0.717) is 45.6 Å². The zero-order chi connectivity index (χ0) is 52.9. The highest BCUT2D eigenvalue weighted by atomic mass is 16.7. The Hall–Kier alpha value is -3.42. The first kappa shape index (κ1) is 67.6. The van der Waals surface area contributed by atoms with Gasteiger partial charge in [0, 0.05) is 39.1 Å². The van der Waals surface area contributed by atoms with Crippen molar-refractivity contribution in [2.24, 2.45) is 5.92 Å². The van der Waals surface area contributed by atoms with E-state index in [2.05, 4.69) is 74.4 Å². The number of amides is 1. The van der Waals surface area contributed by atoms with Gasteiger partial charge in [0.05, 0.1) is 18.9 Å². The molecule has 0 aromatic rings. The molecule has 0 saturated carbocycles. The number of hydrogen-bond acceptors (Lipinski definition) is 12. The molecule has 0 spiro atoms. The first-order valence-corrected chi connectivity index (χ1v) is 29.8. The number of carbonyl (C=O) groups is 4. The summed E-state index contributed by atoms with van der Waals surface area (Å²) in [7, 11) is 0. The van der Waals surface area contributed by atoms with Crippen molar-refractivity contribution in [2.75, 3.05) is 65.8 Å². The molecule has 2 atom stereocenters. The molecular weight excluding hydrogens is 925 g/mol. The summed E-state index contributed by atoms with van der Waals surface area (Å²) in [5.74, 6) is -1.31. The van der Waals surface area contributed by atoms with E-state index in [9.17, 15) is 19.2 Å². The third-order valence-corrected chi connectivity index (χ3v) is 13.1. The SMILES string of the molecule is CCCCC/C=C\C/C=C\CCCCCCCC(=O)OCC(COC(=O)CCC(OCCCCCCCC)OCCCCCCCC)COC(=O)OCCCN(CC)CCCNC(=O)OC1CC/C=C/CCC1. The number of unbranched alkanes of at least 4 members (excludes halogenated alkanes) is 18. The standard InChI is InChI=1S/C60H108N2O11/c1-5-9-12-15-18-19-20-21-22-23-24-25-26-30-35-42-56(63)70-51-54(52-71-57(64)43-44-58(67-48-36-31-16-13-10-6-2)68-49-37-32-17-14-11-7-3)53-72-60(66)69-50-39-47-62(8-4)46-38-45-61-59(65)73-55-40-33-28-27-29-34-41-55/h18-19,21-22,27-28,54-55,58H,5-17,20,23-26,29-53H2,1-4H3,(H,61,65)/b19-18-,22-21-,28-27+. The predicted molar refractivity (Wildman–Crippen MR) is 296 cm³/mol. The summed E-state index contributed by atoms with van der Waals surface area (Å²) < 4.78 is 40.1. The summed E-state index contributed by atoms with van der Waals surface area (Å²) >= 11 is 0. The van der Waals surface area contributed by atoms with Gasteiger partial charge in [0.1, 0.15) is 25.9 Å². The molecular formula is C60H108N2O11. The van der Waals surface area contributed by atoms with Crippen molar-refractivity contribution in [1.82, 2.24) is 10.2 Å². The zero-order valence-corrected chi connectivity index (χ0v) is 47.0. The number of ether oxygens (including phenoxy) is 7. The van der Waals surface area contributed by atoms with E-state index < -0.39 is 24.3 Å². The number of carbonyl (C=O) groups excluding carboxylic acids is 4. The second-order valence-corrected chi connectivity index (χ2v) is 19.9. The van der Waals surface area contributed by atoms with E-state index >= 15 is 0 Å². The number of nitrogens with zero attached hydrogens (tertiary/aromatic N) is 1. The van der Waals surface area contributed by atoms with Crippen LogP contribution in [0.15, 0.2) is 36.5 Å². The van der Waals surface area contributed by atoms with Crippen LogP contribution in [0.3, 0.4) is 0 Å². The van der Waals surface area contributed by atoms with E-state index in [-0.39, 0.29) is 51.0 Å². The molecule has 0 saturated heterocycles. The van der Waals surface area contributed by atoms with Crippen LogP contribution >= 0.6 is 0 Å². The summed E-state index contributed by atoms with van der Waals surface area (Å²) in [5.41, 5.74) is 0. The van der Waals surface area contributed by atoms with Crippen molar-refractivity contribution in [3.63, 3.8) is 0 Å². The van der Waals surface area contributed by atoms with Crippen LogP contribution in [0, 0.1) is 5.92 Å². The third kappa shape index (κ3) is 45.7. The highest BCUT2D eigenvalue weighted by Gasteiger charge is 2.20. The van der Waals surface area contributed by atoms with Crippen molar-refractivity contribution in [2.45, 2.75) is 252 Å². The second kappa shape index (κ2) is 52.0. The minimum Gasteiger partial charge on any atom is -0.465 e. The van der Waals surface area contributed by atoms with Gasteiger partial charge in [-0.2, -0.15) is 0 Å². The molecule has 0 radical (unpaired) electrons. The van der Waals surface area contributed by atoms with E-state index in [1.807, 2.05) is 0 Å². The summed E-state index contributed by atoms with van der Waals surface area (Å²) in [6, 6.07) is 0. The van der Waals surface area contributed by atoms with Gasteiger partial charge in [-0.15, -0.1) is 0 Å². The van der Waals surface area contributed by atoms with Gasteiger partial charge in [-0.3, -0.25) is 9.59 Å². The first-order valence-electron chi connectivity index (χ1n) is 29.8. The third-order valence-electron chi connectivity index (χ3n) is 13.1. The van der Waals surface area contributed by atoms with Crippen LogP contribution in [0.1, 0.15) is 240 Å². The molecule has 13 heteroatoms. The molecule has 0 aliphatic heterocycles. The number of nitrogens with one attached hydrogen (secondary N) is 1. The van der Waals surface area contributed by atoms with E-state index in [4.69, 9.17) is 33.2 Å². The summed E-state index contributed by atoms with van der Waals surface area (Å²) in [6.45, 7) is 12.6. The number of alkyl carbamates (subject to hydrolysis) is 1. The molecule has 73 heavy (non-hydrogen) atoms. The normalized spacial score (nSPS) is 14.8. The van der Waals surface area contributed by atoms with Gasteiger partial charge < -0.3 is 43.4 Å². The fourth-order valence-corrected chi connectivity index (χ4v) is 8.46. The first-order chi connectivity index (χ1) is 35.8. The smallest absolute Gasteiger partial charge is 0.465 e. The second-order valence-electron chi connectivity index (χ2n) is 19.9. The molecule has 1 N–H and O–H groups in total. The van der Waals surface area contributed by atoms with Crippen LogP contribution in [0.25, 0.3) is 0 Å². The Bertz CT molecular complexity index is 1370. The molecule has 1 amide bonds. The molecule has 1 aliphatic carbocycles. The molecule has 1 rings (SSSR count). The predicted octanol–water partition coefficient (Wildman–Crippen LogP) is 15.2. The van der Waals surface area contributed by atoms with Crippen molar-refractivity contribution in [3.05, 3.63) is 36.5 Å². The lowest BCUT2D eigenvalue weighted by Gasteiger charge is -2.21. The molecule has 0 bridgehead atoms. The molecule has 0 aromatic carbocycles. The van der Waals surface area contributed by atoms with Gasteiger partial charge in [0.15, 0.2) is 6.29 Å². The van der Waals surface area contributed by atoms with Crippen LogP contribution in [0.2, 0.25) is 0 Å². The molecule has 1 aliphatic rings. The van der Waals surface area contributed by atoms with E-state index in [0.717, 1.165) is 122 Å². The Balaban J connectivity index is 2.59.